The summed E-state index contributed by atoms with van der Waals surface area (Å²) in [5.74, 6) is 0.310. The number of hydrogen-bond donors (Lipinski definition) is 1. The lowest BCUT2D eigenvalue weighted by Gasteiger charge is -2.43. The smallest absolute Gasteiger partial charge is 0.256 e. The van der Waals surface area contributed by atoms with Crippen LogP contribution in [0.15, 0.2) is 24.3 Å². The Kier molecular flexibility index (Phi) is 6.11. The Morgan fingerprint density at radius 2 is 1.93 bits per heavy atom. The van der Waals surface area contributed by atoms with Crippen LogP contribution in [-0.2, 0) is 9.53 Å². The van der Waals surface area contributed by atoms with Crippen molar-refractivity contribution in [1.82, 2.24) is 10.2 Å². The minimum Gasteiger partial charge on any atom is -0.353 e. The number of carbonyl (C=O) groups excluding carboxylic acids is 2. The Bertz CT molecular complexity index is 683. The summed E-state index contributed by atoms with van der Waals surface area (Å²) < 4.78 is 6.18. The molecule has 2 fully saturated rings. The lowest BCUT2D eigenvalue weighted by molar-refractivity contribution is -0.128. The van der Waals surface area contributed by atoms with Gasteiger partial charge in [0.15, 0.2) is 0 Å². The summed E-state index contributed by atoms with van der Waals surface area (Å²) in [7, 11) is 0. The van der Waals surface area contributed by atoms with Crippen LogP contribution in [0.2, 0.25) is 5.02 Å². The van der Waals surface area contributed by atoms with Gasteiger partial charge in [-0.2, -0.15) is 0 Å². The summed E-state index contributed by atoms with van der Waals surface area (Å²) in [6.07, 6.45) is 4.35. The summed E-state index contributed by atoms with van der Waals surface area (Å²) in [5.41, 5.74) is -0.148. The van der Waals surface area contributed by atoms with E-state index in [9.17, 15) is 9.59 Å². The van der Waals surface area contributed by atoms with E-state index < -0.39 is 11.8 Å². The van der Waals surface area contributed by atoms with Gasteiger partial charge in [-0.25, -0.2) is 0 Å². The van der Waals surface area contributed by atoms with E-state index in [4.69, 9.17) is 16.3 Å². The lowest BCUT2D eigenvalue weighted by atomic mass is 9.83. The highest BCUT2D eigenvalue weighted by atomic mass is 35.5. The van der Waals surface area contributed by atoms with E-state index in [0.717, 1.165) is 32.1 Å². The van der Waals surface area contributed by atoms with E-state index in [-0.39, 0.29) is 24.5 Å². The third-order valence-electron chi connectivity index (χ3n) is 5.93. The predicted octanol–water partition coefficient (Wildman–Crippen LogP) is 4.00. The molecule has 1 aromatic carbocycles. The highest BCUT2D eigenvalue weighted by Gasteiger charge is 2.53. The molecule has 1 aromatic rings. The maximum Gasteiger partial charge on any atom is 0.256 e. The molecule has 148 valence electrons. The van der Waals surface area contributed by atoms with Gasteiger partial charge in [0.05, 0.1) is 6.61 Å². The van der Waals surface area contributed by atoms with Crippen molar-refractivity contribution in [3.63, 3.8) is 0 Å². The van der Waals surface area contributed by atoms with E-state index in [2.05, 4.69) is 12.2 Å². The third kappa shape index (κ3) is 4.14. The van der Waals surface area contributed by atoms with Gasteiger partial charge in [0.2, 0.25) is 5.91 Å². The highest BCUT2D eigenvalue weighted by Crippen LogP contribution is 2.43. The van der Waals surface area contributed by atoms with Gasteiger partial charge in [-0.3, -0.25) is 14.5 Å². The quantitative estimate of drug-likeness (QED) is 0.842. The van der Waals surface area contributed by atoms with Crippen molar-refractivity contribution >= 4 is 23.4 Å². The first kappa shape index (κ1) is 20.2. The zero-order valence-corrected chi connectivity index (χ0v) is 17.1. The van der Waals surface area contributed by atoms with Gasteiger partial charge in [-0.1, -0.05) is 25.4 Å². The van der Waals surface area contributed by atoms with Crippen LogP contribution in [0, 0.1) is 5.92 Å². The fourth-order valence-corrected chi connectivity index (χ4v) is 4.08. The van der Waals surface area contributed by atoms with Gasteiger partial charge in [0.25, 0.3) is 5.91 Å². The normalized spacial score (nSPS) is 29.0. The van der Waals surface area contributed by atoms with E-state index in [1.165, 1.54) is 0 Å². The minimum atomic E-state index is -0.680. The van der Waals surface area contributed by atoms with E-state index >= 15 is 0 Å². The molecule has 1 spiro atoms. The van der Waals surface area contributed by atoms with Gasteiger partial charge in [0, 0.05) is 16.6 Å². The van der Waals surface area contributed by atoms with Crippen molar-refractivity contribution in [2.24, 2.45) is 5.92 Å². The number of amides is 2. The highest BCUT2D eigenvalue weighted by molar-refractivity contribution is 6.30. The maximum atomic E-state index is 13.4. The van der Waals surface area contributed by atoms with Gasteiger partial charge in [0.1, 0.15) is 11.8 Å². The topological polar surface area (TPSA) is 58.6 Å². The summed E-state index contributed by atoms with van der Waals surface area (Å²) in [4.78, 5) is 28.0. The molecule has 2 aliphatic rings. The number of carbonyl (C=O) groups is 2. The van der Waals surface area contributed by atoms with Gasteiger partial charge in [-0.15, -0.1) is 0 Å². The monoisotopic (exact) mass is 392 g/mol. The zero-order valence-electron chi connectivity index (χ0n) is 16.3. The molecular formula is C21H29ClN2O3. The molecule has 1 saturated carbocycles. The Morgan fingerprint density at radius 1 is 1.30 bits per heavy atom. The van der Waals surface area contributed by atoms with E-state index in [1.54, 1.807) is 29.2 Å². The fourth-order valence-electron chi connectivity index (χ4n) is 3.95. The Hall–Kier alpha value is -1.59. The second kappa shape index (κ2) is 8.19. The van der Waals surface area contributed by atoms with Gasteiger partial charge in [-0.05, 0) is 69.2 Å². The largest absolute Gasteiger partial charge is 0.353 e. The van der Waals surface area contributed by atoms with Crippen LogP contribution in [0.5, 0.6) is 0 Å². The Morgan fingerprint density at radius 3 is 2.52 bits per heavy atom. The van der Waals surface area contributed by atoms with Crippen molar-refractivity contribution in [2.75, 3.05) is 6.61 Å². The van der Waals surface area contributed by atoms with E-state index in [1.807, 2.05) is 13.8 Å². The van der Waals surface area contributed by atoms with Crippen LogP contribution in [0.4, 0.5) is 0 Å². The third-order valence-corrected chi connectivity index (χ3v) is 6.18. The second-order valence-electron chi connectivity index (χ2n) is 7.96. The molecule has 6 heteroatoms. The number of benzene rings is 1. The number of rotatable bonds is 4. The molecule has 2 amide bonds. The SMILES string of the molecule is CC[C@@H](C)NC(=O)[C@@H]1COC2(CCC(C)CC2)N1C(=O)c1ccc(Cl)cc1. The zero-order chi connectivity index (χ0) is 19.6. The molecule has 1 aliphatic heterocycles. The van der Waals surface area contributed by atoms with Crippen molar-refractivity contribution in [3.05, 3.63) is 34.9 Å². The standard InChI is InChI=1S/C21H29ClN2O3/c1-4-15(3)23-19(25)18-13-27-21(11-9-14(2)10-12-21)24(18)20(26)16-5-7-17(22)8-6-16/h5-8,14-15,18H,4,9-13H2,1-3H3,(H,23,25)/t14?,15-,18+,21?/m1/s1. The Labute approximate surface area is 166 Å². The fraction of sp³-hybridized carbons (Fsp3) is 0.619. The molecule has 1 heterocycles. The van der Waals surface area contributed by atoms with Crippen LogP contribution in [0.1, 0.15) is 63.2 Å². The van der Waals surface area contributed by atoms with Crippen LogP contribution in [0.25, 0.3) is 0 Å². The van der Waals surface area contributed by atoms with Crippen molar-refractivity contribution in [2.45, 2.75) is 70.7 Å². The van der Waals surface area contributed by atoms with Crippen LogP contribution in [0.3, 0.4) is 0 Å². The summed E-state index contributed by atoms with van der Waals surface area (Å²) in [6, 6.07) is 6.30. The first-order valence-corrected chi connectivity index (χ1v) is 10.3. The molecule has 1 saturated heterocycles. The van der Waals surface area contributed by atoms with E-state index in [0.29, 0.717) is 16.5 Å². The molecule has 0 radical (unpaired) electrons. The van der Waals surface area contributed by atoms with Gasteiger partial charge >= 0.3 is 0 Å². The molecule has 2 atom stereocenters. The molecule has 3 rings (SSSR count). The first-order valence-electron chi connectivity index (χ1n) is 9.90. The average Bonchev–Trinajstić information content (AvgIpc) is 3.03. The number of nitrogens with zero attached hydrogens (tertiary/aromatic N) is 1. The van der Waals surface area contributed by atoms with Gasteiger partial charge < -0.3 is 10.1 Å². The second-order valence-corrected chi connectivity index (χ2v) is 8.39. The number of ether oxygens (including phenoxy) is 1. The first-order chi connectivity index (χ1) is 12.9. The summed E-state index contributed by atoms with van der Waals surface area (Å²) in [5, 5.41) is 3.59. The molecule has 0 unspecified atom stereocenters. The van der Waals surface area contributed by atoms with Crippen molar-refractivity contribution < 1.29 is 14.3 Å². The molecule has 0 bridgehead atoms. The molecule has 1 aliphatic carbocycles. The molecular weight excluding hydrogens is 364 g/mol. The minimum absolute atomic E-state index is 0.0629. The van der Waals surface area contributed by atoms with Crippen LogP contribution < -0.4 is 5.32 Å². The summed E-state index contributed by atoms with van der Waals surface area (Å²) >= 11 is 5.97. The number of nitrogens with one attached hydrogen (secondary N) is 1. The van der Waals surface area contributed by atoms with Crippen LogP contribution in [-0.4, -0.2) is 41.1 Å². The average molecular weight is 393 g/mol. The number of hydrogen-bond acceptors (Lipinski definition) is 3. The Balaban J connectivity index is 1.90. The maximum absolute atomic E-state index is 13.4. The lowest BCUT2D eigenvalue weighted by Crippen LogP contribution is -2.57. The molecule has 5 nitrogen and oxygen atoms in total. The summed E-state index contributed by atoms with van der Waals surface area (Å²) in [6.45, 7) is 6.46. The number of halogens is 1. The van der Waals surface area contributed by atoms with Crippen molar-refractivity contribution in [3.8, 4) is 0 Å². The van der Waals surface area contributed by atoms with Crippen molar-refractivity contribution in [1.29, 1.82) is 0 Å². The molecule has 0 aromatic heterocycles. The molecule has 27 heavy (non-hydrogen) atoms. The predicted molar refractivity (Wildman–Crippen MR) is 106 cm³/mol. The van der Waals surface area contributed by atoms with Crippen LogP contribution >= 0.6 is 11.6 Å². The molecule has 1 N–H and O–H groups in total.